The number of nitrogens with zero attached hydrogens (tertiary/aromatic N) is 2. The Hall–Kier alpha value is -1.38. The summed E-state index contributed by atoms with van der Waals surface area (Å²) in [6.07, 6.45) is 1.96. The molecule has 0 radical (unpaired) electrons. The topological polar surface area (TPSA) is 16.1 Å². The minimum atomic E-state index is -2.69. The standard InChI is InChI=1S/C16H19ClN2/c1-19(2)12-10-15(16-5-3-4-11-18-16)13-6-8-14(17)9-7-13/h3-9,11,15H,10,12H2,1-2H3/i1D3,2D3. The van der Waals surface area contributed by atoms with Crippen molar-refractivity contribution in [2.45, 2.75) is 12.3 Å². The lowest BCUT2D eigenvalue weighted by Crippen LogP contribution is -2.17. The van der Waals surface area contributed by atoms with Gasteiger partial charge in [-0.2, -0.15) is 0 Å². The zero-order valence-corrected chi connectivity index (χ0v) is 11.1. The third-order valence-electron chi connectivity index (χ3n) is 2.96. The summed E-state index contributed by atoms with van der Waals surface area (Å²) in [5.41, 5.74) is 1.65. The molecule has 0 aliphatic carbocycles. The summed E-state index contributed by atoms with van der Waals surface area (Å²) in [6.45, 7) is -5.50. The van der Waals surface area contributed by atoms with E-state index in [1.54, 1.807) is 24.4 Å². The van der Waals surface area contributed by atoms with Gasteiger partial charge >= 0.3 is 0 Å². The lowest BCUT2D eigenvalue weighted by molar-refractivity contribution is 0.389. The van der Waals surface area contributed by atoms with Crippen LogP contribution < -0.4 is 0 Å². The molecule has 0 spiro atoms. The van der Waals surface area contributed by atoms with Gasteiger partial charge in [-0.25, -0.2) is 0 Å². The highest BCUT2D eigenvalue weighted by atomic mass is 35.5. The van der Waals surface area contributed by atoms with E-state index in [2.05, 4.69) is 4.98 Å². The molecule has 1 unspecified atom stereocenters. The van der Waals surface area contributed by atoms with E-state index in [0.29, 0.717) is 16.3 Å². The van der Waals surface area contributed by atoms with Crippen molar-refractivity contribution >= 4 is 11.6 Å². The average Bonchev–Trinajstić information content (AvgIpc) is 2.51. The summed E-state index contributed by atoms with van der Waals surface area (Å²) < 4.78 is 45.0. The maximum atomic E-state index is 7.49. The van der Waals surface area contributed by atoms with E-state index < -0.39 is 14.0 Å². The highest BCUT2D eigenvalue weighted by Crippen LogP contribution is 2.27. The fourth-order valence-electron chi connectivity index (χ4n) is 2.02. The van der Waals surface area contributed by atoms with Crippen LogP contribution in [0.2, 0.25) is 5.02 Å². The number of pyridine rings is 1. The fraction of sp³-hybridized carbons (Fsp3) is 0.312. The largest absolute Gasteiger partial charge is 0.309 e. The summed E-state index contributed by atoms with van der Waals surface area (Å²) in [5.74, 6) is -0.231. The fourth-order valence-corrected chi connectivity index (χ4v) is 2.15. The molecule has 0 aliphatic heterocycles. The second-order valence-corrected chi connectivity index (χ2v) is 4.74. The van der Waals surface area contributed by atoms with Gasteiger partial charge in [0.05, 0.1) is 0 Å². The van der Waals surface area contributed by atoms with Crippen LogP contribution >= 0.6 is 11.6 Å². The number of halogens is 1. The van der Waals surface area contributed by atoms with Crippen LogP contribution in [0.5, 0.6) is 0 Å². The third-order valence-corrected chi connectivity index (χ3v) is 3.21. The molecule has 1 aromatic heterocycles. The van der Waals surface area contributed by atoms with E-state index >= 15 is 0 Å². The maximum Gasteiger partial charge on any atom is 0.0478 e. The van der Waals surface area contributed by atoms with Crippen LogP contribution in [0.15, 0.2) is 48.7 Å². The van der Waals surface area contributed by atoms with Crippen molar-refractivity contribution in [2.75, 3.05) is 20.5 Å². The Morgan fingerprint density at radius 2 is 2.00 bits per heavy atom. The zero-order chi connectivity index (χ0) is 18.7. The van der Waals surface area contributed by atoms with Crippen molar-refractivity contribution in [1.29, 1.82) is 0 Å². The molecule has 0 saturated carbocycles. The predicted molar refractivity (Wildman–Crippen MR) is 80.7 cm³/mol. The molecule has 100 valence electrons. The van der Waals surface area contributed by atoms with Gasteiger partial charge in [0.1, 0.15) is 0 Å². The maximum absolute atomic E-state index is 7.49. The van der Waals surface area contributed by atoms with Gasteiger partial charge in [0.2, 0.25) is 0 Å². The number of hydrogen-bond donors (Lipinski definition) is 0. The molecule has 0 aliphatic rings. The smallest absolute Gasteiger partial charge is 0.0478 e. The van der Waals surface area contributed by atoms with Gasteiger partial charge in [-0.3, -0.25) is 4.98 Å². The third kappa shape index (κ3) is 4.05. The molecular weight excluding hydrogens is 256 g/mol. The number of aromatic nitrogens is 1. The predicted octanol–water partition coefficient (Wildman–Crippen LogP) is 3.82. The van der Waals surface area contributed by atoms with Gasteiger partial charge < -0.3 is 4.90 Å². The van der Waals surface area contributed by atoms with Crippen molar-refractivity contribution in [3.05, 3.63) is 64.9 Å². The van der Waals surface area contributed by atoms with Crippen LogP contribution in [0.1, 0.15) is 31.8 Å². The summed E-state index contributed by atoms with van der Waals surface area (Å²) in [6, 6.07) is 12.7. The lowest BCUT2D eigenvalue weighted by atomic mass is 9.92. The van der Waals surface area contributed by atoms with Crippen molar-refractivity contribution in [2.24, 2.45) is 0 Å². The molecule has 2 aromatic rings. The first kappa shape index (κ1) is 8.03. The van der Waals surface area contributed by atoms with Crippen LogP contribution in [0, 0.1) is 0 Å². The number of hydrogen-bond acceptors (Lipinski definition) is 2. The van der Waals surface area contributed by atoms with Crippen LogP contribution in [0.3, 0.4) is 0 Å². The SMILES string of the molecule is [2H]C([2H])([2H])N(CCC(c1ccc(Cl)cc1)c1ccccn1)C([2H])([2H])[2H]. The monoisotopic (exact) mass is 280 g/mol. The molecule has 19 heavy (non-hydrogen) atoms. The van der Waals surface area contributed by atoms with Crippen molar-refractivity contribution in [3.8, 4) is 0 Å². The Morgan fingerprint density at radius 3 is 2.63 bits per heavy atom. The highest BCUT2D eigenvalue weighted by molar-refractivity contribution is 6.30. The minimum absolute atomic E-state index is 0.114. The van der Waals surface area contributed by atoms with Gasteiger partial charge in [-0.15, -0.1) is 0 Å². The molecule has 1 atom stereocenters. The number of benzene rings is 1. The van der Waals surface area contributed by atoms with Crippen molar-refractivity contribution in [1.82, 2.24) is 9.88 Å². The number of rotatable bonds is 5. The van der Waals surface area contributed by atoms with Crippen LogP contribution in [-0.4, -0.2) is 30.4 Å². The average molecular weight is 281 g/mol. The molecule has 2 nitrogen and oxygen atoms in total. The molecule has 0 saturated heterocycles. The summed E-state index contributed by atoms with van der Waals surface area (Å²) in [7, 11) is 0. The molecule has 2 rings (SSSR count). The molecule has 0 N–H and O–H groups in total. The summed E-state index contributed by atoms with van der Waals surface area (Å²) >= 11 is 5.94. The van der Waals surface area contributed by atoms with Gasteiger partial charge in [-0.1, -0.05) is 29.8 Å². The highest BCUT2D eigenvalue weighted by Gasteiger charge is 2.15. The zero-order valence-electron chi connectivity index (χ0n) is 16.4. The molecule has 1 aromatic carbocycles. The minimum Gasteiger partial charge on any atom is -0.309 e. The molecule has 0 amide bonds. The first-order chi connectivity index (χ1) is 11.6. The van der Waals surface area contributed by atoms with E-state index in [0.717, 1.165) is 11.3 Å². The van der Waals surface area contributed by atoms with Crippen molar-refractivity contribution in [3.63, 3.8) is 0 Å². The van der Waals surface area contributed by atoms with Gasteiger partial charge in [-0.05, 0) is 56.7 Å². The van der Waals surface area contributed by atoms with E-state index in [-0.39, 0.29) is 12.5 Å². The first-order valence-corrected chi connectivity index (χ1v) is 6.41. The molecule has 0 fully saturated rings. The Balaban J connectivity index is 2.29. The second-order valence-electron chi connectivity index (χ2n) is 4.30. The summed E-state index contributed by atoms with van der Waals surface area (Å²) in [4.78, 5) is 4.92. The quantitative estimate of drug-likeness (QED) is 0.828. The van der Waals surface area contributed by atoms with Crippen LogP contribution in [0.4, 0.5) is 0 Å². The molecule has 3 heteroatoms. The second kappa shape index (κ2) is 6.69. The Bertz CT molecular complexity index is 656. The van der Waals surface area contributed by atoms with E-state index in [9.17, 15) is 0 Å². The molecule has 1 heterocycles. The van der Waals surface area contributed by atoms with Gasteiger partial charge in [0.25, 0.3) is 0 Å². The normalized spacial score (nSPS) is 18.6. The van der Waals surface area contributed by atoms with Crippen LogP contribution in [0.25, 0.3) is 0 Å². The van der Waals surface area contributed by atoms with Gasteiger partial charge in [0, 0.05) is 31.1 Å². The van der Waals surface area contributed by atoms with E-state index in [1.807, 2.05) is 24.3 Å². The summed E-state index contributed by atoms with van der Waals surface area (Å²) in [5, 5.41) is 0.593. The van der Waals surface area contributed by atoms with Gasteiger partial charge in [0.15, 0.2) is 0 Å². The lowest BCUT2D eigenvalue weighted by Gasteiger charge is -2.19. The first-order valence-electron chi connectivity index (χ1n) is 9.03. The van der Waals surface area contributed by atoms with E-state index in [4.69, 9.17) is 19.8 Å². The Morgan fingerprint density at radius 1 is 1.21 bits per heavy atom. The van der Waals surface area contributed by atoms with E-state index in [1.165, 1.54) is 0 Å². The Labute approximate surface area is 128 Å². The molecule has 0 bridgehead atoms. The van der Waals surface area contributed by atoms with Crippen molar-refractivity contribution < 1.29 is 8.22 Å². The molecular formula is C16H19ClN2. The Kier molecular flexibility index (Phi) is 2.83. The van der Waals surface area contributed by atoms with Crippen LogP contribution in [-0.2, 0) is 0 Å².